The molecule has 0 aliphatic carbocycles. The first kappa shape index (κ1) is 19.8. The number of para-hydroxylation sites is 1. The molecule has 0 unspecified atom stereocenters. The molecule has 0 saturated carbocycles. The Kier molecular flexibility index (Phi) is 7.08. The van der Waals surface area contributed by atoms with Crippen LogP contribution in [-0.4, -0.2) is 30.6 Å². The third-order valence-corrected chi connectivity index (χ3v) is 3.58. The van der Waals surface area contributed by atoms with Gasteiger partial charge in [-0.15, -0.1) is 0 Å². The van der Waals surface area contributed by atoms with E-state index in [0.29, 0.717) is 36.1 Å². The summed E-state index contributed by atoms with van der Waals surface area (Å²) in [6, 6.07) is 9.06. The van der Waals surface area contributed by atoms with Crippen LogP contribution in [0.2, 0.25) is 5.02 Å². The number of aromatic nitrogens is 1. The molecule has 0 saturated heterocycles. The Morgan fingerprint density at radius 2 is 1.92 bits per heavy atom. The second-order valence-corrected chi connectivity index (χ2v) is 5.69. The standard InChI is InChI=1S/C17H17ClF3N3O2/c18-13-4-1-2-5-14(13)26-11-16(25)23-9-3-8-22-15-7-6-12(10-24-15)17(19,20)21/h1-2,4-7,10H,3,8-9,11H2,(H,22,24)(H,23,25). The Morgan fingerprint density at radius 3 is 2.58 bits per heavy atom. The van der Waals surface area contributed by atoms with Crippen LogP contribution in [-0.2, 0) is 11.0 Å². The summed E-state index contributed by atoms with van der Waals surface area (Å²) in [5.74, 6) is 0.475. The Hall–Kier alpha value is -2.48. The highest BCUT2D eigenvalue weighted by Gasteiger charge is 2.30. The van der Waals surface area contributed by atoms with Crippen LogP contribution in [0.3, 0.4) is 0 Å². The van der Waals surface area contributed by atoms with Gasteiger partial charge in [-0.25, -0.2) is 4.98 Å². The SMILES string of the molecule is O=C(COc1ccccc1Cl)NCCCNc1ccc(C(F)(F)F)cn1. The van der Waals surface area contributed by atoms with Crippen LogP contribution in [0.25, 0.3) is 0 Å². The minimum absolute atomic E-state index is 0.155. The van der Waals surface area contributed by atoms with Crippen LogP contribution in [0.5, 0.6) is 5.75 Å². The van der Waals surface area contributed by atoms with Crippen LogP contribution in [0.4, 0.5) is 19.0 Å². The number of anilines is 1. The Labute approximate surface area is 153 Å². The highest BCUT2D eigenvalue weighted by Crippen LogP contribution is 2.28. The van der Waals surface area contributed by atoms with Crippen molar-refractivity contribution < 1.29 is 22.7 Å². The summed E-state index contributed by atoms with van der Waals surface area (Å²) in [5, 5.41) is 5.98. The molecule has 0 spiro atoms. The van der Waals surface area contributed by atoms with Gasteiger partial charge in [-0.3, -0.25) is 4.79 Å². The van der Waals surface area contributed by atoms with Crippen molar-refractivity contribution in [1.29, 1.82) is 0 Å². The van der Waals surface area contributed by atoms with Gasteiger partial charge in [0.1, 0.15) is 11.6 Å². The lowest BCUT2D eigenvalue weighted by atomic mass is 10.3. The van der Waals surface area contributed by atoms with Gasteiger partial charge in [-0.05, 0) is 30.7 Å². The maximum Gasteiger partial charge on any atom is 0.417 e. The number of amides is 1. The molecule has 2 rings (SSSR count). The molecule has 140 valence electrons. The zero-order valence-electron chi connectivity index (χ0n) is 13.6. The molecule has 1 amide bonds. The van der Waals surface area contributed by atoms with E-state index in [4.69, 9.17) is 16.3 Å². The first-order chi connectivity index (χ1) is 12.4. The number of carbonyl (C=O) groups excluding carboxylic acids is 1. The third kappa shape index (κ3) is 6.44. The van der Waals surface area contributed by atoms with Crippen molar-refractivity contribution in [2.75, 3.05) is 25.0 Å². The van der Waals surface area contributed by atoms with Crippen molar-refractivity contribution in [1.82, 2.24) is 10.3 Å². The van der Waals surface area contributed by atoms with Gasteiger partial charge < -0.3 is 15.4 Å². The molecule has 0 aliphatic rings. The number of halogens is 4. The van der Waals surface area contributed by atoms with Crippen molar-refractivity contribution >= 4 is 23.3 Å². The highest BCUT2D eigenvalue weighted by atomic mass is 35.5. The molecule has 1 heterocycles. The van der Waals surface area contributed by atoms with Gasteiger partial charge >= 0.3 is 6.18 Å². The molecule has 26 heavy (non-hydrogen) atoms. The van der Waals surface area contributed by atoms with E-state index in [2.05, 4.69) is 15.6 Å². The molecule has 1 aromatic heterocycles. The van der Waals surface area contributed by atoms with Crippen molar-refractivity contribution in [2.45, 2.75) is 12.6 Å². The van der Waals surface area contributed by atoms with E-state index in [1.165, 1.54) is 6.07 Å². The Bertz CT molecular complexity index is 724. The minimum atomic E-state index is -4.40. The van der Waals surface area contributed by atoms with Gasteiger partial charge in [0, 0.05) is 19.3 Å². The number of carbonyl (C=O) groups is 1. The summed E-state index contributed by atoms with van der Waals surface area (Å²) in [6.45, 7) is 0.681. The second kappa shape index (κ2) is 9.28. The average Bonchev–Trinajstić information content (AvgIpc) is 2.60. The summed E-state index contributed by atoms with van der Waals surface area (Å²) in [5.41, 5.74) is -0.797. The van der Waals surface area contributed by atoms with E-state index in [-0.39, 0.29) is 12.5 Å². The molecule has 0 atom stereocenters. The molecule has 1 aromatic carbocycles. The lowest BCUT2D eigenvalue weighted by molar-refractivity contribution is -0.137. The quantitative estimate of drug-likeness (QED) is 0.677. The number of hydrogen-bond donors (Lipinski definition) is 2. The number of hydrogen-bond acceptors (Lipinski definition) is 4. The highest BCUT2D eigenvalue weighted by molar-refractivity contribution is 6.32. The summed E-state index contributed by atoms with van der Waals surface area (Å²) < 4.78 is 42.6. The van der Waals surface area contributed by atoms with E-state index in [0.717, 1.165) is 12.3 Å². The predicted molar refractivity (Wildman–Crippen MR) is 92.3 cm³/mol. The number of pyridine rings is 1. The molecular formula is C17H17ClF3N3O2. The van der Waals surface area contributed by atoms with Crippen molar-refractivity contribution in [3.05, 3.63) is 53.2 Å². The Balaban J connectivity index is 1.61. The van der Waals surface area contributed by atoms with E-state index >= 15 is 0 Å². The minimum Gasteiger partial charge on any atom is -0.482 e. The molecular weight excluding hydrogens is 371 g/mol. The van der Waals surface area contributed by atoms with Gasteiger partial charge in [0.2, 0.25) is 0 Å². The molecule has 0 aliphatic heterocycles. The van der Waals surface area contributed by atoms with Crippen LogP contribution < -0.4 is 15.4 Å². The number of nitrogens with zero attached hydrogens (tertiary/aromatic N) is 1. The lowest BCUT2D eigenvalue weighted by Crippen LogP contribution is -2.30. The monoisotopic (exact) mass is 387 g/mol. The van der Waals surface area contributed by atoms with Crippen LogP contribution >= 0.6 is 11.6 Å². The van der Waals surface area contributed by atoms with Crippen LogP contribution in [0.1, 0.15) is 12.0 Å². The van der Waals surface area contributed by atoms with Gasteiger partial charge in [0.15, 0.2) is 6.61 Å². The van der Waals surface area contributed by atoms with Crippen LogP contribution in [0, 0.1) is 0 Å². The Morgan fingerprint density at radius 1 is 1.15 bits per heavy atom. The summed E-state index contributed by atoms with van der Waals surface area (Å²) in [4.78, 5) is 15.4. The van der Waals surface area contributed by atoms with Gasteiger partial charge in [0.25, 0.3) is 5.91 Å². The first-order valence-electron chi connectivity index (χ1n) is 7.77. The van der Waals surface area contributed by atoms with Gasteiger partial charge in [-0.2, -0.15) is 13.2 Å². The number of rotatable bonds is 8. The fraction of sp³-hybridized carbons (Fsp3) is 0.294. The number of ether oxygens (including phenoxy) is 1. The summed E-state index contributed by atoms with van der Waals surface area (Å²) >= 11 is 5.91. The molecule has 0 radical (unpaired) electrons. The number of benzene rings is 1. The van der Waals surface area contributed by atoms with E-state index < -0.39 is 11.7 Å². The first-order valence-corrected chi connectivity index (χ1v) is 8.15. The molecule has 2 aromatic rings. The fourth-order valence-electron chi connectivity index (χ4n) is 1.95. The molecule has 9 heteroatoms. The maximum atomic E-state index is 12.4. The van der Waals surface area contributed by atoms with Gasteiger partial charge in [-0.1, -0.05) is 23.7 Å². The van der Waals surface area contributed by atoms with E-state index in [9.17, 15) is 18.0 Å². The number of nitrogens with one attached hydrogen (secondary N) is 2. The second-order valence-electron chi connectivity index (χ2n) is 5.28. The third-order valence-electron chi connectivity index (χ3n) is 3.27. The maximum absolute atomic E-state index is 12.4. The van der Waals surface area contributed by atoms with Gasteiger partial charge in [0.05, 0.1) is 10.6 Å². The molecule has 0 bridgehead atoms. The zero-order valence-corrected chi connectivity index (χ0v) is 14.4. The summed E-state index contributed by atoms with van der Waals surface area (Å²) in [7, 11) is 0. The zero-order chi connectivity index (χ0) is 19.0. The van der Waals surface area contributed by atoms with Crippen molar-refractivity contribution in [3.63, 3.8) is 0 Å². The lowest BCUT2D eigenvalue weighted by Gasteiger charge is -2.10. The fourth-order valence-corrected chi connectivity index (χ4v) is 2.15. The molecule has 5 nitrogen and oxygen atoms in total. The van der Waals surface area contributed by atoms with Crippen LogP contribution in [0.15, 0.2) is 42.6 Å². The smallest absolute Gasteiger partial charge is 0.417 e. The number of alkyl halides is 3. The largest absolute Gasteiger partial charge is 0.482 e. The summed E-state index contributed by atoms with van der Waals surface area (Å²) in [6.07, 6.45) is -3.06. The molecule has 2 N–H and O–H groups in total. The topological polar surface area (TPSA) is 63.2 Å². The van der Waals surface area contributed by atoms with E-state index in [1.807, 2.05) is 0 Å². The normalized spacial score (nSPS) is 11.1. The predicted octanol–water partition coefficient (Wildman–Crippen LogP) is 3.75. The van der Waals surface area contributed by atoms with E-state index in [1.54, 1.807) is 24.3 Å². The molecule has 0 fully saturated rings. The average molecular weight is 388 g/mol. The van der Waals surface area contributed by atoms with Crippen molar-refractivity contribution in [3.8, 4) is 5.75 Å². The van der Waals surface area contributed by atoms with Crippen molar-refractivity contribution in [2.24, 2.45) is 0 Å².